The molecule has 0 fully saturated rings. The maximum Gasteiger partial charge on any atom is 0.417 e. The van der Waals surface area contributed by atoms with E-state index in [-0.39, 0.29) is 6.07 Å². The van der Waals surface area contributed by atoms with Gasteiger partial charge in [-0.15, -0.1) is 0 Å². The zero-order valence-electron chi connectivity index (χ0n) is 7.15. The lowest BCUT2D eigenvalue weighted by atomic mass is 10.1. The van der Waals surface area contributed by atoms with E-state index in [1.807, 2.05) is 0 Å². The summed E-state index contributed by atoms with van der Waals surface area (Å²) in [5, 5.41) is 8.90. The number of anilines is 1. The average molecular weight is 227 g/mol. The predicted octanol–water partition coefficient (Wildman–Crippen LogP) is 2.93. The molecule has 0 aromatic heterocycles. The largest absolute Gasteiger partial charge is 0.506 e. The molecule has 0 bridgehead atoms. The number of nitrogen functional groups attached to an aromatic ring is 1. The van der Waals surface area contributed by atoms with Crippen molar-refractivity contribution in [3.05, 3.63) is 23.3 Å². The molecule has 7 heteroatoms. The summed E-state index contributed by atoms with van der Waals surface area (Å²) >= 11 is 0. The Morgan fingerprint density at radius 2 is 1.73 bits per heavy atom. The van der Waals surface area contributed by atoms with Crippen LogP contribution in [0.15, 0.2) is 12.1 Å². The number of phenols is 1. The summed E-state index contributed by atoms with van der Waals surface area (Å²) in [5.41, 5.74) is 1.69. The monoisotopic (exact) mass is 227 g/mol. The summed E-state index contributed by atoms with van der Waals surface area (Å²) in [5.74, 6) is -0.869. The first kappa shape index (κ1) is 11.5. The molecule has 0 atom stereocenters. The van der Waals surface area contributed by atoms with Crippen molar-refractivity contribution in [1.29, 1.82) is 0 Å². The van der Waals surface area contributed by atoms with Gasteiger partial charge < -0.3 is 10.8 Å². The summed E-state index contributed by atoms with van der Waals surface area (Å²) < 4.78 is 61.2. The van der Waals surface area contributed by atoms with Gasteiger partial charge in [-0.2, -0.15) is 13.2 Å². The molecule has 1 aromatic rings. The number of halogens is 5. The fourth-order valence-electron chi connectivity index (χ4n) is 1.05. The van der Waals surface area contributed by atoms with Crippen molar-refractivity contribution in [2.24, 2.45) is 0 Å². The van der Waals surface area contributed by atoms with E-state index in [2.05, 4.69) is 0 Å². The van der Waals surface area contributed by atoms with Gasteiger partial charge in [0.15, 0.2) is 0 Å². The van der Waals surface area contributed by atoms with E-state index in [9.17, 15) is 22.0 Å². The molecule has 0 spiro atoms. The molecule has 0 unspecified atom stereocenters. The van der Waals surface area contributed by atoms with E-state index < -0.39 is 35.2 Å². The molecule has 2 nitrogen and oxygen atoms in total. The molecule has 1 aromatic carbocycles. The van der Waals surface area contributed by atoms with Gasteiger partial charge in [0.1, 0.15) is 5.75 Å². The maximum absolute atomic E-state index is 12.2. The minimum absolute atomic E-state index is 0.191. The minimum atomic E-state index is -4.95. The molecule has 0 aliphatic rings. The van der Waals surface area contributed by atoms with Crippen LogP contribution in [-0.4, -0.2) is 5.11 Å². The van der Waals surface area contributed by atoms with Gasteiger partial charge in [0.25, 0.3) is 6.43 Å². The van der Waals surface area contributed by atoms with E-state index in [1.54, 1.807) is 0 Å². The van der Waals surface area contributed by atoms with Crippen LogP contribution in [0.25, 0.3) is 0 Å². The second kappa shape index (κ2) is 3.56. The van der Waals surface area contributed by atoms with Crippen molar-refractivity contribution in [3.63, 3.8) is 0 Å². The van der Waals surface area contributed by atoms with Crippen molar-refractivity contribution in [2.45, 2.75) is 12.6 Å². The highest BCUT2D eigenvalue weighted by Gasteiger charge is 2.36. The Labute approximate surface area is 81.1 Å². The zero-order chi connectivity index (χ0) is 11.8. The highest BCUT2D eigenvalue weighted by molar-refractivity contribution is 5.57. The molecule has 1 rings (SSSR count). The van der Waals surface area contributed by atoms with Gasteiger partial charge in [-0.3, -0.25) is 0 Å². The van der Waals surface area contributed by atoms with E-state index in [0.717, 1.165) is 0 Å². The number of hydrogen-bond acceptors (Lipinski definition) is 2. The number of nitrogens with two attached hydrogens (primary N) is 1. The number of rotatable bonds is 1. The second-order valence-corrected chi connectivity index (χ2v) is 2.80. The van der Waals surface area contributed by atoms with Crippen LogP contribution >= 0.6 is 0 Å². The molecule has 84 valence electrons. The van der Waals surface area contributed by atoms with Gasteiger partial charge in [-0.25, -0.2) is 8.78 Å². The third kappa shape index (κ3) is 2.28. The van der Waals surface area contributed by atoms with Crippen LogP contribution in [0.1, 0.15) is 17.6 Å². The summed E-state index contributed by atoms with van der Waals surface area (Å²) in [4.78, 5) is 0. The van der Waals surface area contributed by atoms with Crippen LogP contribution < -0.4 is 5.73 Å². The van der Waals surface area contributed by atoms with Crippen LogP contribution in [0.4, 0.5) is 27.6 Å². The third-order valence-corrected chi connectivity index (χ3v) is 1.74. The Balaban J connectivity index is 3.42. The normalized spacial score (nSPS) is 12.1. The van der Waals surface area contributed by atoms with Gasteiger partial charge >= 0.3 is 6.18 Å². The van der Waals surface area contributed by atoms with E-state index in [4.69, 9.17) is 10.8 Å². The van der Waals surface area contributed by atoms with Gasteiger partial charge in [0.2, 0.25) is 0 Å². The standard InChI is InChI=1S/C8H6F5NO/c9-7(10)3-1-5(14)6(15)2-4(3)8(11,12)13/h1-2,7,15H,14H2. The van der Waals surface area contributed by atoms with Crippen molar-refractivity contribution in [1.82, 2.24) is 0 Å². The van der Waals surface area contributed by atoms with E-state index in [1.165, 1.54) is 0 Å². The molecule has 0 saturated heterocycles. The third-order valence-electron chi connectivity index (χ3n) is 1.74. The lowest BCUT2D eigenvalue weighted by Crippen LogP contribution is -2.10. The van der Waals surface area contributed by atoms with Crippen LogP contribution in [0.2, 0.25) is 0 Å². The number of hydrogen-bond donors (Lipinski definition) is 2. The van der Waals surface area contributed by atoms with Gasteiger partial charge in [0.05, 0.1) is 11.3 Å². The molecule has 0 radical (unpaired) electrons. The Bertz CT molecular complexity index is 374. The predicted molar refractivity (Wildman–Crippen MR) is 42.5 cm³/mol. The Kier molecular flexibility index (Phi) is 2.74. The molecule has 0 saturated carbocycles. The average Bonchev–Trinajstić information content (AvgIpc) is 2.06. The lowest BCUT2D eigenvalue weighted by molar-refractivity contribution is -0.139. The first-order valence-corrected chi connectivity index (χ1v) is 3.71. The summed E-state index contributed by atoms with van der Waals surface area (Å²) in [6, 6.07) is 0.611. The Hall–Kier alpha value is -1.53. The Morgan fingerprint density at radius 3 is 2.13 bits per heavy atom. The van der Waals surface area contributed by atoms with E-state index in [0.29, 0.717) is 6.07 Å². The Morgan fingerprint density at radius 1 is 1.20 bits per heavy atom. The summed E-state index contributed by atoms with van der Waals surface area (Å²) in [7, 11) is 0. The van der Waals surface area contributed by atoms with Gasteiger partial charge in [-0.05, 0) is 12.1 Å². The number of aromatic hydroxyl groups is 1. The quantitative estimate of drug-likeness (QED) is 0.440. The summed E-state index contributed by atoms with van der Waals surface area (Å²) in [6.07, 6.45) is -8.25. The van der Waals surface area contributed by atoms with Crippen molar-refractivity contribution in [2.75, 3.05) is 5.73 Å². The zero-order valence-corrected chi connectivity index (χ0v) is 7.15. The van der Waals surface area contributed by atoms with Crippen LogP contribution in [-0.2, 0) is 6.18 Å². The fraction of sp³-hybridized carbons (Fsp3) is 0.250. The van der Waals surface area contributed by atoms with Crippen molar-refractivity contribution < 1.29 is 27.1 Å². The minimum Gasteiger partial charge on any atom is -0.506 e. The van der Waals surface area contributed by atoms with Gasteiger partial charge in [0, 0.05) is 5.56 Å². The van der Waals surface area contributed by atoms with E-state index >= 15 is 0 Å². The summed E-state index contributed by atoms with van der Waals surface area (Å²) in [6.45, 7) is 0. The number of phenolic OH excluding ortho intramolecular Hbond substituents is 1. The van der Waals surface area contributed by atoms with Crippen molar-refractivity contribution in [3.8, 4) is 5.75 Å². The SMILES string of the molecule is Nc1cc(C(F)F)c(C(F)(F)F)cc1O. The highest BCUT2D eigenvalue weighted by Crippen LogP contribution is 2.40. The topological polar surface area (TPSA) is 46.2 Å². The molecule has 0 heterocycles. The fourth-order valence-corrected chi connectivity index (χ4v) is 1.05. The first-order chi connectivity index (χ1) is 6.73. The lowest BCUT2D eigenvalue weighted by Gasteiger charge is -2.13. The maximum atomic E-state index is 12.2. The van der Waals surface area contributed by atoms with Crippen LogP contribution in [0.3, 0.4) is 0 Å². The van der Waals surface area contributed by atoms with Gasteiger partial charge in [-0.1, -0.05) is 0 Å². The molecular weight excluding hydrogens is 221 g/mol. The smallest absolute Gasteiger partial charge is 0.417 e. The van der Waals surface area contributed by atoms with Crippen LogP contribution in [0.5, 0.6) is 5.75 Å². The molecule has 0 amide bonds. The molecular formula is C8H6F5NO. The highest BCUT2D eigenvalue weighted by atomic mass is 19.4. The molecule has 0 aliphatic heterocycles. The van der Waals surface area contributed by atoms with Crippen LogP contribution in [0, 0.1) is 0 Å². The first-order valence-electron chi connectivity index (χ1n) is 3.71. The molecule has 0 aliphatic carbocycles. The second-order valence-electron chi connectivity index (χ2n) is 2.80. The van der Waals surface area contributed by atoms with Crippen molar-refractivity contribution >= 4 is 5.69 Å². The molecule has 3 N–H and O–H groups in total. The number of benzene rings is 1. The number of alkyl halides is 5. The molecule has 15 heavy (non-hydrogen) atoms.